The van der Waals surface area contributed by atoms with Gasteiger partial charge in [-0.15, -0.1) is 0 Å². The summed E-state index contributed by atoms with van der Waals surface area (Å²) in [5, 5.41) is 0. The van der Waals surface area contributed by atoms with Crippen LogP contribution in [-0.2, 0) is 17.8 Å². The Morgan fingerprint density at radius 2 is 1.96 bits per heavy atom. The average Bonchev–Trinajstić information content (AvgIpc) is 2.99. The van der Waals surface area contributed by atoms with Crippen LogP contribution in [0.3, 0.4) is 0 Å². The van der Waals surface area contributed by atoms with Crippen LogP contribution >= 0.6 is 0 Å². The topological polar surface area (TPSA) is 125 Å². The van der Waals surface area contributed by atoms with Crippen LogP contribution in [0.2, 0.25) is 0 Å². The van der Waals surface area contributed by atoms with Crippen LogP contribution in [-0.4, -0.2) is 37.7 Å². The highest BCUT2D eigenvalue weighted by atomic mass is 16.2. The third-order valence-electron chi connectivity index (χ3n) is 4.45. The van der Waals surface area contributed by atoms with Crippen molar-refractivity contribution in [2.75, 3.05) is 0 Å². The largest absolute Gasteiger partial charge is 0.368 e. The smallest absolute Gasteiger partial charge is 0.325 e. The molecule has 0 spiro atoms. The van der Waals surface area contributed by atoms with Gasteiger partial charge in [-0.05, 0) is 17.2 Å². The summed E-state index contributed by atoms with van der Waals surface area (Å²) in [5.41, 5.74) is 8.22. The molecular weight excluding hydrogens is 322 g/mol. The number of primary amides is 1. The molecule has 8 nitrogen and oxygen atoms in total. The molecule has 0 saturated heterocycles. The van der Waals surface area contributed by atoms with Crippen molar-refractivity contribution in [3.8, 4) is 0 Å². The highest BCUT2D eigenvalue weighted by molar-refractivity contribution is 5.99. The predicted molar refractivity (Wildman–Crippen MR) is 89.7 cm³/mol. The molecule has 2 amide bonds. The molecule has 1 aromatic carbocycles. The van der Waals surface area contributed by atoms with Crippen molar-refractivity contribution < 1.29 is 9.59 Å². The number of fused-ring (bicyclic) bond motifs is 2. The van der Waals surface area contributed by atoms with Gasteiger partial charge in [0.1, 0.15) is 6.04 Å². The van der Waals surface area contributed by atoms with E-state index in [1.54, 1.807) is 6.07 Å². The minimum atomic E-state index is -0.719. The summed E-state index contributed by atoms with van der Waals surface area (Å²) in [7, 11) is 0. The maximum absolute atomic E-state index is 13.0. The second kappa shape index (κ2) is 5.59. The summed E-state index contributed by atoms with van der Waals surface area (Å²) in [6.45, 7) is 0.296. The number of hydrogen-bond acceptors (Lipinski definition) is 4. The van der Waals surface area contributed by atoms with Crippen LogP contribution < -0.4 is 11.4 Å². The highest BCUT2D eigenvalue weighted by Gasteiger charge is 2.34. The number of nitrogens with one attached hydrogen (secondary N) is 2. The number of imidazole rings is 1. The molecule has 8 heteroatoms. The number of aromatic amines is 2. The van der Waals surface area contributed by atoms with E-state index in [0.29, 0.717) is 24.1 Å². The highest BCUT2D eigenvalue weighted by Crippen LogP contribution is 2.25. The van der Waals surface area contributed by atoms with Gasteiger partial charge < -0.3 is 15.6 Å². The first-order valence-corrected chi connectivity index (χ1v) is 7.78. The Morgan fingerprint density at radius 3 is 2.72 bits per heavy atom. The molecule has 0 unspecified atom stereocenters. The summed E-state index contributed by atoms with van der Waals surface area (Å²) in [6, 6.07) is 8.48. The minimum Gasteiger partial charge on any atom is -0.368 e. The van der Waals surface area contributed by atoms with Crippen molar-refractivity contribution in [2.24, 2.45) is 5.73 Å². The van der Waals surface area contributed by atoms with Gasteiger partial charge in [0.05, 0.1) is 11.1 Å². The van der Waals surface area contributed by atoms with Crippen LogP contribution in [0.1, 0.15) is 21.5 Å². The van der Waals surface area contributed by atoms with Crippen molar-refractivity contribution >= 4 is 23.0 Å². The van der Waals surface area contributed by atoms with E-state index in [1.165, 1.54) is 11.1 Å². The molecule has 2 aromatic heterocycles. The number of benzene rings is 1. The average molecular weight is 337 g/mol. The number of hydrogen-bond donors (Lipinski definition) is 3. The molecule has 1 aliphatic heterocycles. The van der Waals surface area contributed by atoms with Crippen molar-refractivity contribution in [3.63, 3.8) is 0 Å². The molecule has 0 bridgehead atoms. The van der Waals surface area contributed by atoms with E-state index in [4.69, 9.17) is 5.73 Å². The van der Waals surface area contributed by atoms with Crippen molar-refractivity contribution in [3.05, 3.63) is 63.7 Å². The van der Waals surface area contributed by atoms with Crippen LogP contribution in [0, 0.1) is 0 Å². The van der Waals surface area contributed by atoms with Crippen LogP contribution in [0.4, 0.5) is 0 Å². The van der Waals surface area contributed by atoms with E-state index in [1.807, 2.05) is 24.3 Å². The maximum Gasteiger partial charge on any atom is 0.325 e. The monoisotopic (exact) mass is 337 g/mol. The number of aromatic nitrogens is 3. The van der Waals surface area contributed by atoms with E-state index in [-0.39, 0.29) is 11.5 Å². The molecule has 0 radical (unpaired) electrons. The second-order valence-corrected chi connectivity index (χ2v) is 6.02. The molecule has 25 heavy (non-hydrogen) atoms. The molecule has 0 fully saturated rings. The van der Waals surface area contributed by atoms with E-state index in [0.717, 1.165) is 11.1 Å². The standard InChI is InChI=1S/C17H15N5O3/c18-14(23)13-6-9-3-1-2-4-10(9)8-22(13)16(24)11-5-12-15(19-7-11)21-17(25)20-12/h1-5,7,13H,6,8H2,(H2,18,23)(H2,19,20,21,25)/t13-/m0/s1. The van der Waals surface area contributed by atoms with E-state index < -0.39 is 17.6 Å². The Hall–Kier alpha value is -3.42. The van der Waals surface area contributed by atoms with Crippen molar-refractivity contribution in [1.82, 2.24) is 19.9 Å². The first-order chi connectivity index (χ1) is 12.0. The van der Waals surface area contributed by atoms with Gasteiger partial charge in [-0.2, -0.15) is 0 Å². The molecule has 4 rings (SSSR count). The Kier molecular flexibility index (Phi) is 3.38. The molecule has 3 heterocycles. The number of H-pyrrole nitrogens is 2. The van der Waals surface area contributed by atoms with Gasteiger partial charge in [0.25, 0.3) is 5.91 Å². The second-order valence-electron chi connectivity index (χ2n) is 6.02. The van der Waals surface area contributed by atoms with Crippen LogP contribution in [0.25, 0.3) is 11.2 Å². The Balaban J connectivity index is 1.73. The molecule has 1 atom stereocenters. The summed E-state index contributed by atoms with van der Waals surface area (Å²) in [5.74, 6) is -0.901. The third kappa shape index (κ3) is 2.57. The number of carbonyl (C=O) groups excluding carboxylic acids is 2. The molecule has 0 saturated carbocycles. The summed E-state index contributed by atoms with van der Waals surface area (Å²) < 4.78 is 0. The lowest BCUT2D eigenvalue weighted by Gasteiger charge is -2.35. The number of nitrogens with two attached hydrogens (primary N) is 1. The number of rotatable bonds is 2. The predicted octanol–water partition coefficient (Wildman–Crippen LogP) is 0.304. The van der Waals surface area contributed by atoms with Crippen molar-refractivity contribution in [1.29, 1.82) is 0 Å². The van der Waals surface area contributed by atoms with Gasteiger partial charge in [0.15, 0.2) is 5.65 Å². The zero-order valence-electron chi connectivity index (χ0n) is 13.2. The van der Waals surface area contributed by atoms with E-state index in [9.17, 15) is 14.4 Å². The molecular formula is C17H15N5O3. The van der Waals surface area contributed by atoms with E-state index >= 15 is 0 Å². The first-order valence-electron chi connectivity index (χ1n) is 7.78. The lowest BCUT2D eigenvalue weighted by molar-refractivity contribution is -0.122. The zero-order valence-corrected chi connectivity index (χ0v) is 13.2. The molecule has 1 aliphatic rings. The van der Waals surface area contributed by atoms with Gasteiger partial charge in [-0.25, -0.2) is 9.78 Å². The minimum absolute atomic E-state index is 0.286. The number of nitrogens with zero attached hydrogens (tertiary/aromatic N) is 2. The third-order valence-corrected chi connectivity index (χ3v) is 4.45. The summed E-state index contributed by atoms with van der Waals surface area (Å²) >= 11 is 0. The Bertz CT molecular complexity index is 1050. The van der Waals surface area contributed by atoms with Crippen LogP contribution in [0.15, 0.2) is 41.3 Å². The summed E-state index contributed by atoms with van der Waals surface area (Å²) in [4.78, 5) is 46.8. The normalized spacial score (nSPS) is 16.6. The number of carbonyl (C=O) groups is 2. The lowest BCUT2D eigenvalue weighted by Crippen LogP contribution is -2.51. The maximum atomic E-state index is 13.0. The fourth-order valence-corrected chi connectivity index (χ4v) is 3.19. The fourth-order valence-electron chi connectivity index (χ4n) is 3.19. The number of pyridine rings is 1. The number of amides is 2. The molecule has 4 N–H and O–H groups in total. The van der Waals surface area contributed by atoms with Gasteiger partial charge >= 0.3 is 5.69 Å². The van der Waals surface area contributed by atoms with Gasteiger partial charge in [0.2, 0.25) is 5.91 Å². The zero-order chi connectivity index (χ0) is 17.6. The van der Waals surface area contributed by atoms with E-state index in [2.05, 4.69) is 15.0 Å². The Labute approximate surface area is 141 Å². The summed E-state index contributed by atoms with van der Waals surface area (Å²) in [6.07, 6.45) is 1.76. The fraction of sp³-hybridized carbons (Fsp3) is 0.176. The molecule has 3 aromatic rings. The van der Waals surface area contributed by atoms with Crippen LogP contribution in [0.5, 0.6) is 0 Å². The van der Waals surface area contributed by atoms with Crippen molar-refractivity contribution in [2.45, 2.75) is 19.0 Å². The molecule has 126 valence electrons. The SMILES string of the molecule is NC(=O)[C@@H]1Cc2ccccc2CN1C(=O)c1cnc2[nH]c(=O)[nH]c2c1. The molecule has 0 aliphatic carbocycles. The van der Waals surface area contributed by atoms with Gasteiger partial charge in [-0.3, -0.25) is 14.6 Å². The lowest BCUT2D eigenvalue weighted by atomic mass is 9.93. The van der Waals surface area contributed by atoms with Gasteiger partial charge in [0, 0.05) is 19.2 Å². The quantitative estimate of drug-likeness (QED) is 0.622. The first kappa shape index (κ1) is 15.1. The van der Waals surface area contributed by atoms with Gasteiger partial charge in [-0.1, -0.05) is 24.3 Å². The Morgan fingerprint density at radius 1 is 1.20 bits per heavy atom.